The summed E-state index contributed by atoms with van der Waals surface area (Å²) >= 11 is 0. The molecular weight excluding hydrogens is 216 g/mol. The summed E-state index contributed by atoms with van der Waals surface area (Å²) in [6, 6.07) is 7.28. The van der Waals surface area contributed by atoms with Gasteiger partial charge in [-0.15, -0.1) is 0 Å². The Morgan fingerprint density at radius 2 is 1.71 bits per heavy atom. The van der Waals surface area contributed by atoms with Crippen LogP contribution >= 0.6 is 0 Å². The summed E-state index contributed by atoms with van der Waals surface area (Å²) in [5, 5.41) is 24.6. The highest BCUT2D eigenvalue weighted by atomic mass is 16.3. The molecule has 0 saturated carbocycles. The Balaban J connectivity index is 1.99. The fraction of sp³-hybridized carbons (Fsp3) is 0.538. The molecule has 0 aliphatic carbocycles. The van der Waals surface area contributed by atoms with Crippen LogP contribution in [-0.2, 0) is 6.42 Å². The Morgan fingerprint density at radius 3 is 2.35 bits per heavy atom. The maximum atomic E-state index is 9.13. The molecule has 0 amide bonds. The zero-order chi connectivity index (χ0) is 12.5. The molecule has 1 aromatic rings. The maximum Gasteiger partial charge on any atom is 0.115 e. The zero-order valence-corrected chi connectivity index (χ0v) is 10.3. The zero-order valence-electron chi connectivity index (χ0n) is 10.3. The highest BCUT2D eigenvalue weighted by Crippen LogP contribution is 2.09. The van der Waals surface area contributed by atoms with Crippen LogP contribution in [0, 0.1) is 0 Å². The molecule has 0 bridgehead atoms. The number of benzene rings is 1. The number of aromatic hydroxyl groups is 1. The Hall–Kier alpha value is -1.10. The van der Waals surface area contributed by atoms with Crippen LogP contribution in [-0.4, -0.2) is 42.5 Å². The molecule has 17 heavy (non-hydrogen) atoms. The summed E-state index contributed by atoms with van der Waals surface area (Å²) in [7, 11) is 0. The van der Waals surface area contributed by atoms with Gasteiger partial charge in [-0.2, -0.15) is 0 Å². The van der Waals surface area contributed by atoms with Gasteiger partial charge >= 0.3 is 0 Å². The Morgan fingerprint density at radius 1 is 1.06 bits per heavy atom. The highest BCUT2D eigenvalue weighted by Gasteiger charge is 1.95. The largest absolute Gasteiger partial charge is 0.508 e. The third-order valence-electron chi connectivity index (χ3n) is 2.45. The van der Waals surface area contributed by atoms with E-state index >= 15 is 0 Å². The van der Waals surface area contributed by atoms with E-state index < -0.39 is 0 Å². The van der Waals surface area contributed by atoms with Gasteiger partial charge in [-0.05, 0) is 37.6 Å². The quantitative estimate of drug-likeness (QED) is 0.498. The van der Waals surface area contributed by atoms with Crippen LogP contribution in [0.3, 0.4) is 0 Å². The van der Waals surface area contributed by atoms with E-state index in [-0.39, 0.29) is 6.10 Å². The van der Waals surface area contributed by atoms with Gasteiger partial charge in [0, 0.05) is 19.6 Å². The number of nitrogens with one attached hydrogen (secondary N) is 2. The van der Waals surface area contributed by atoms with Crippen molar-refractivity contribution in [2.45, 2.75) is 19.4 Å². The smallest absolute Gasteiger partial charge is 0.115 e. The maximum absolute atomic E-state index is 9.13. The van der Waals surface area contributed by atoms with Gasteiger partial charge in [-0.3, -0.25) is 0 Å². The average Bonchev–Trinajstić information content (AvgIpc) is 2.30. The summed E-state index contributed by atoms with van der Waals surface area (Å²) in [5.41, 5.74) is 1.22. The van der Waals surface area contributed by atoms with E-state index in [1.165, 1.54) is 5.56 Å². The lowest BCUT2D eigenvalue weighted by atomic mass is 10.1. The molecule has 1 atom stereocenters. The second-order valence-electron chi connectivity index (χ2n) is 4.22. The molecule has 1 aromatic carbocycles. The van der Waals surface area contributed by atoms with Gasteiger partial charge in [0.1, 0.15) is 5.75 Å². The summed E-state index contributed by atoms with van der Waals surface area (Å²) < 4.78 is 0. The minimum atomic E-state index is -0.285. The lowest BCUT2D eigenvalue weighted by Gasteiger charge is -2.08. The van der Waals surface area contributed by atoms with Crippen LogP contribution in [0.2, 0.25) is 0 Å². The number of aliphatic hydroxyl groups is 1. The van der Waals surface area contributed by atoms with Crippen molar-refractivity contribution in [1.29, 1.82) is 0 Å². The van der Waals surface area contributed by atoms with E-state index in [9.17, 15) is 0 Å². The molecule has 0 unspecified atom stereocenters. The predicted octanol–water partition coefficient (Wildman–Crippen LogP) is 0.495. The number of phenols is 1. The van der Waals surface area contributed by atoms with Crippen LogP contribution in [0.25, 0.3) is 0 Å². The molecule has 1 rings (SSSR count). The Bertz CT molecular complexity index is 299. The van der Waals surface area contributed by atoms with E-state index in [0.717, 1.165) is 26.1 Å². The fourth-order valence-corrected chi connectivity index (χ4v) is 1.51. The molecule has 0 spiro atoms. The molecule has 0 fully saturated rings. The predicted molar refractivity (Wildman–Crippen MR) is 69.2 cm³/mol. The van der Waals surface area contributed by atoms with Crippen LogP contribution in [0.4, 0.5) is 0 Å². The molecule has 0 aliphatic heterocycles. The third kappa shape index (κ3) is 6.94. The molecule has 0 saturated heterocycles. The molecule has 4 nitrogen and oxygen atoms in total. The monoisotopic (exact) mass is 238 g/mol. The molecule has 0 radical (unpaired) electrons. The van der Waals surface area contributed by atoms with E-state index in [4.69, 9.17) is 10.2 Å². The topological polar surface area (TPSA) is 64.5 Å². The van der Waals surface area contributed by atoms with Crippen molar-refractivity contribution in [3.63, 3.8) is 0 Å². The minimum Gasteiger partial charge on any atom is -0.508 e. The summed E-state index contributed by atoms with van der Waals surface area (Å²) in [4.78, 5) is 0. The fourth-order valence-electron chi connectivity index (χ4n) is 1.51. The van der Waals surface area contributed by atoms with Crippen molar-refractivity contribution in [3.8, 4) is 5.75 Å². The van der Waals surface area contributed by atoms with Crippen LogP contribution < -0.4 is 10.6 Å². The molecule has 96 valence electrons. The summed E-state index contributed by atoms with van der Waals surface area (Å²) in [6.07, 6.45) is 0.670. The molecule has 4 heteroatoms. The number of rotatable bonds is 8. The van der Waals surface area contributed by atoms with Gasteiger partial charge in [-0.25, -0.2) is 0 Å². The first-order valence-electron chi connectivity index (χ1n) is 6.06. The van der Waals surface area contributed by atoms with E-state index in [1.807, 2.05) is 12.1 Å². The SMILES string of the molecule is C[C@H](O)CNCCNCCc1ccc(O)cc1. The van der Waals surface area contributed by atoms with E-state index in [2.05, 4.69) is 10.6 Å². The van der Waals surface area contributed by atoms with Crippen LogP contribution in [0.15, 0.2) is 24.3 Å². The second-order valence-corrected chi connectivity index (χ2v) is 4.22. The Kier molecular flexibility index (Phi) is 6.62. The van der Waals surface area contributed by atoms with Crippen LogP contribution in [0.5, 0.6) is 5.75 Å². The van der Waals surface area contributed by atoms with Crippen molar-refractivity contribution < 1.29 is 10.2 Å². The van der Waals surface area contributed by atoms with Gasteiger partial charge in [-0.1, -0.05) is 12.1 Å². The lowest BCUT2D eigenvalue weighted by Crippen LogP contribution is -2.32. The van der Waals surface area contributed by atoms with Crippen molar-refractivity contribution in [2.24, 2.45) is 0 Å². The molecular formula is C13H22N2O2. The lowest BCUT2D eigenvalue weighted by molar-refractivity contribution is 0.191. The molecule has 4 N–H and O–H groups in total. The van der Waals surface area contributed by atoms with E-state index in [1.54, 1.807) is 19.1 Å². The molecule has 0 aromatic heterocycles. The standard InChI is InChI=1S/C13H22N2O2/c1-11(16)10-15-9-8-14-7-6-12-2-4-13(17)5-3-12/h2-5,11,14-17H,6-10H2,1H3/t11-/m0/s1. The highest BCUT2D eigenvalue weighted by molar-refractivity contribution is 5.25. The van der Waals surface area contributed by atoms with Crippen molar-refractivity contribution in [2.75, 3.05) is 26.2 Å². The van der Waals surface area contributed by atoms with Gasteiger partial charge in [0.05, 0.1) is 6.10 Å². The summed E-state index contributed by atoms with van der Waals surface area (Å²) in [5.74, 6) is 0.309. The van der Waals surface area contributed by atoms with Crippen molar-refractivity contribution in [3.05, 3.63) is 29.8 Å². The first-order valence-corrected chi connectivity index (χ1v) is 6.06. The molecule has 0 aliphatic rings. The summed E-state index contributed by atoms with van der Waals surface area (Å²) in [6.45, 7) is 5.08. The second kappa shape index (κ2) is 8.06. The number of hydrogen-bond donors (Lipinski definition) is 4. The van der Waals surface area contributed by atoms with Crippen molar-refractivity contribution in [1.82, 2.24) is 10.6 Å². The minimum absolute atomic E-state index is 0.285. The number of aliphatic hydroxyl groups excluding tert-OH is 1. The van der Waals surface area contributed by atoms with Gasteiger partial charge in [0.25, 0.3) is 0 Å². The Labute approximate surface area is 103 Å². The normalized spacial score (nSPS) is 12.6. The van der Waals surface area contributed by atoms with E-state index in [0.29, 0.717) is 12.3 Å². The molecule has 0 heterocycles. The number of phenolic OH excluding ortho intramolecular Hbond substituents is 1. The average molecular weight is 238 g/mol. The van der Waals surface area contributed by atoms with Crippen LogP contribution in [0.1, 0.15) is 12.5 Å². The third-order valence-corrected chi connectivity index (χ3v) is 2.45. The van der Waals surface area contributed by atoms with Gasteiger partial charge in [0.15, 0.2) is 0 Å². The van der Waals surface area contributed by atoms with Gasteiger partial charge < -0.3 is 20.8 Å². The van der Waals surface area contributed by atoms with Crippen molar-refractivity contribution >= 4 is 0 Å². The van der Waals surface area contributed by atoms with Gasteiger partial charge in [0.2, 0.25) is 0 Å². The first kappa shape index (κ1) is 14.0. The number of hydrogen-bond acceptors (Lipinski definition) is 4. The first-order chi connectivity index (χ1) is 8.18.